The van der Waals surface area contributed by atoms with Gasteiger partial charge in [-0.2, -0.15) is 5.26 Å². The Hall–Kier alpha value is -2.94. The number of para-hydroxylation sites is 1. The van der Waals surface area contributed by atoms with Gasteiger partial charge in [0.25, 0.3) is 5.91 Å². The van der Waals surface area contributed by atoms with E-state index in [0.29, 0.717) is 17.7 Å². The molecule has 1 amide bonds. The summed E-state index contributed by atoms with van der Waals surface area (Å²) in [5.41, 5.74) is 1.78. The second kappa shape index (κ2) is 7.36. The van der Waals surface area contributed by atoms with E-state index in [0.717, 1.165) is 29.3 Å². The first-order valence-corrected chi connectivity index (χ1v) is 9.17. The fourth-order valence-electron chi connectivity index (χ4n) is 3.38. The third-order valence-corrected chi connectivity index (χ3v) is 5.13. The molecule has 1 aromatic carbocycles. The highest BCUT2D eigenvalue weighted by molar-refractivity contribution is 5.99. The van der Waals surface area contributed by atoms with Crippen LogP contribution in [0.4, 0.5) is 0 Å². The van der Waals surface area contributed by atoms with Gasteiger partial charge in [0, 0.05) is 5.39 Å². The minimum Gasteiger partial charge on any atom is -0.452 e. The first-order valence-electron chi connectivity index (χ1n) is 9.17. The molecule has 0 radical (unpaired) electrons. The monoisotopic (exact) mass is 365 g/mol. The number of nitriles is 1. The predicted octanol–water partition coefficient (Wildman–Crippen LogP) is 3.07. The van der Waals surface area contributed by atoms with Crippen LogP contribution in [0, 0.1) is 24.2 Å². The summed E-state index contributed by atoms with van der Waals surface area (Å²) in [5.74, 6) is -0.868. The Balaban J connectivity index is 1.75. The van der Waals surface area contributed by atoms with Crippen LogP contribution in [0.15, 0.2) is 24.3 Å². The second-order valence-corrected chi connectivity index (χ2v) is 7.14. The standard InChI is InChI=1S/C21H23N3O3/c1-4-16-19(13(2)15-7-5-6-8-17(15)23-16)20(26)27-11-18(25)24-21(3,12-22)14-9-10-14/h5-8,14H,4,9-11H2,1-3H3,(H,24,25)/t21-/m0/s1. The van der Waals surface area contributed by atoms with E-state index < -0.39 is 24.0 Å². The number of nitrogens with one attached hydrogen (secondary N) is 1. The van der Waals surface area contributed by atoms with Gasteiger partial charge in [-0.15, -0.1) is 0 Å². The van der Waals surface area contributed by atoms with Crippen molar-refractivity contribution in [3.05, 3.63) is 41.1 Å². The van der Waals surface area contributed by atoms with Gasteiger partial charge < -0.3 is 10.1 Å². The van der Waals surface area contributed by atoms with Crippen LogP contribution >= 0.6 is 0 Å². The van der Waals surface area contributed by atoms with E-state index in [1.54, 1.807) is 6.92 Å². The molecule has 1 aromatic heterocycles. The van der Waals surface area contributed by atoms with Crippen LogP contribution in [0.2, 0.25) is 0 Å². The molecule has 1 N–H and O–H groups in total. The van der Waals surface area contributed by atoms with Gasteiger partial charge in [-0.3, -0.25) is 9.78 Å². The van der Waals surface area contributed by atoms with Crippen molar-refractivity contribution in [2.24, 2.45) is 5.92 Å². The van der Waals surface area contributed by atoms with Crippen molar-refractivity contribution in [1.82, 2.24) is 10.3 Å². The van der Waals surface area contributed by atoms with Gasteiger partial charge in [0.1, 0.15) is 5.54 Å². The van der Waals surface area contributed by atoms with Crippen LogP contribution in [-0.4, -0.2) is 29.0 Å². The largest absolute Gasteiger partial charge is 0.452 e. The summed E-state index contributed by atoms with van der Waals surface area (Å²) < 4.78 is 5.25. The number of carbonyl (C=O) groups is 2. The molecule has 27 heavy (non-hydrogen) atoms. The number of rotatable bonds is 6. The number of ether oxygens (including phenoxy) is 1. The number of amides is 1. The lowest BCUT2D eigenvalue weighted by Crippen LogP contribution is -2.48. The second-order valence-electron chi connectivity index (χ2n) is 7.14. The summed E-state index contributed by atoms with van der Waals surface area (Å²) >= 11 is 0. The number of esters is 1. The molecule has 6 nitrogen and oxygen atoms in total. The quantitative estimate of drug-likeness (QED) is 0.794. The van der Waals surface area contributed by atoms with Gasteiger partial charge in [0.15, 0.2) is 6.61 Å². The summed E-state index contributed by atoms with van der Waals surface area (Å²) in [6.45, 7) is 5.07. The summed E-state index contributed by atoms with van der Waals surface area (Å²) in [6, 6.07) is 9.77. The third kappa shape index (κ3) is 3.77. The Labute approximate surface area is 158 Å². The van der Waals surface area contributed by atoms with Crippen LogP contribution in [0.25, 0.3) is 10.9 Å². The molecule has 1 fully saturated rings. The van der Waals surface area contributed by atoms with E-state index in [1.807, 2.05) is 38.1 Å². The van der Waals surface area contributed by atoms with Crippen LogP contribution < -0.4 is 5.32 Å². The van der Waals surface area contributed by atoms with Crippen LogP contribution in [0.5, 0.6) is 0 Å². The Bertz CT molecular complexity index is 944. The first-order chi connectivity index (χ1) is 12.9. The molecule has 1 aliphatic carbocycles. The lowest BCUT2D eigenvalue weighted by Gasteiger charge is -2.22. The number of aryl methyl sites for hydroxylation is 2. The first kappa shape index (κ1) is 18.8. The Morgan fingerprint density at radius 1 is 1.37 bits per heavy atom. The molecule has 0 aliphatic heterocycles. The predicted molar refractivity (Wildman–Crippen MR) is 101 cm³/mol. The molecule has 2 aromatic rings. The molecule has 0 spiro atoms. The number of pyridine rings is 1. The van der Waals surface area contributed by atoms with Crippen LogP contribution in [0.1, 0.15) is 48.3 Å². The highest BCUT2D eigenvalue weighted by Crippen LogP contribution is 2.39. The summed E-state index contributed by atoms with van der Waals surface area (Å²) in [6.07, 6.45) is 2.42. The Kier molecular flexibility index (Phi) is 5.13. The number of benzene rings is 1. The van der Waals surface area contributed by atoms with Gasteiger partial charge in [-0.25, -0.2) is 4.79 Å². The van der Waals surface area contributed by atoms with Gasteiger partial charge in [0.05, 0.1) is 22.8 Å². The average Bonchev–Trinajstić information content (AvgIpc) is 3.51. The number of fused-ring (bicyclic) bond motifs is 1. The normalized spacial score (nSPS) is 15.6. The molecular weight excluding hydrogens is 342 g/mol. The Morgan fingerprint density at radius 2 is 2.07 bits per heavy atom. The van der Waals surface area contributed by atoms with Crippen molar-refractivity contribution in [1.29, 1.82) is 5.26 Å². The van der Waals surface area contributed by atoms with Gasteiger partial charge >= 0.3 is 5.97 Å². The van der Waals surface area contributed by atoms with Gasteiger partial charge in [-0.05, 0) is 50.7 Å². The maximum absolute atomic E-state index is 12.7. The molecule has 140 valence electrons. The van der Waals surface area contributed by atoms with E-state index in [1.165, 1.54) is 0 Å². The minimum atomic E-state index is -0.904. The third-order valence-electron chi connectivity index (χ3n) is 5.13. The number of nitrogens with zero attached hydrogens (tertiary/aromatic N) is 2. The number of hydrogen-bond donors (Lipinski definition) is 1. The summed E-state index contributed by atoms with van der Waals surface area (Å²) in [4.78, 5) is 29.4. The molecule has 3 rings (SSSR count). The van der Waals surface area contributed by atoms with E-state index in [2.05, 4.69) is 16.4 Å². The molecule has 0 bridgehead atoms. The molecule has 1 aliphatic rings. The summed E-state index contributed by atoms with van der Waals surface area (Å²) in [7, 11) is 0. The molecule has 1 heterocycles. The van der Waals surface area contributed by atoms with Crippen molar-refractivity contribution in [2.75, 3.05) is 6.61 Å². The molecule has 1 saturated carbocycles. The van der Waals surface area contributed by atoms with Gasteiger partial charge in [-0.1, -0.05) is 25.1 Å². The smallest absolute Gasteiger partial charge is 0.340 e. The lowest BCUT2D eigenvalue weighted by molar-refractivity contribution is -0.125. The van der Waals surface area contributed by atoms with Gasteiger partial charge in [0.2, 0.25) is 0 Å². The average molecular weight is 365 g/mol. The number of carbonyl (C=O) groups excluding carboxylic acids is 2. The number of aromatic nitrogens is 1. The Morgan fingerprint density at radius 3 is 2.70 bits per heavy atom. The zero-order chi connectivity index (χ0) is 19.6. The number of hydrogen-bond acceptors (Lipinski definition) is 5. The van der Waals surface area contributed by atoms with E-state index in [9.17, 15) is 14.9 Å². The highest BCUT2D eigenvalue weighted by atomic mass is 16.5. The van der Waals surface area contributed by atoms with E-state index in [-0.39, 0.29) is 5.92 Å². The maximum Gasteiger partial charge on any atom is 0.340 e. The van der Waals surface area contributed by atoms with Crippen molar-refractivity contribution in [2.45, 2.75) is 45.6 Å². The fraction of sp³-hybridized carbons (Fsp3) is 0.429. The zero-order valence-corrected chi connectivity index (χ0v) is 15.8. The van der Waals surface area contributed by atoms with E-state index in [4.69, 9.17) is 4.74 Å². The van der Waals surface area contributed by atoms with Crippen LogP contribution in [0.3, 0.4) is 0 Å². The van der Waals surface area contributed by atoms with Crippen molar-refractivity contribution >= 4 is 22.8 Å². The summed E-state index contributed by atoms with van der Waals surface area (Å²) in [5, 5.41) is 12.9. The van der Waals surface area contributed by atoms with E-state index >= 15 is 0 Å². The van der Waals surface area contributed by atoms with Crippen LogP contribution in [-0.2, 0) is 16.0 Å². The maximum atomic E-state index is 12.7. The minimum absolute atomic E-state index is 0.167. The molecule has 1 atom stereocenters. The topological polar surface area (TPSA) is 92.1 Å². The SMILES string of the molecule is CCc1nc2ccccc2c(C)c1C(=O)OCC(=O)N[C@@](C)(C#N)C1CC1. The van der Waals surface area contributed by atoms with Crippen molar-refractivity contribution < 1.29 is 14.3 Å². The highest BCUT2D eigenvalue weighted by Gasteiger charge is 2.43. The molecular formula is C21H23N3O3. The lowest BCUT2D eigenvalue weighted by atomic mass is 9.98. The molecule has 6 heteroatoms. The van der Waals surface area contributed by atoms with Crippen molar-refractivity contribution in [3.63, 3.8) is 0 Å². The van der Waals surface area contributed by atoms with Crippen molar-refractivity contribution in [3.8, 4) is 6.07 Å². The fourth-order valence-corrected chi connectivity index (χ4v) is 3.38. The zero-order valence-electron chi connectivity index (χ0n) is 15.8. The molecule has 0 saturated heterocycles. The molecule has 0 unspecified atom stereocenters.